The molecule has 1 saturated carbocycles. The molecule has 1 heterocycles. The van der Waals surface area contributed by atoms with E-state index in [0.717, 1.165) is 17.3 Å². The molecule has 4 heteroatoms. The van der Waals surface area contributed by atoms with Crippen molar-refractivity contribution >= 4 is 21.8 Å². The summed E-state index contributed by atoms with van der Waals surface area (Å²) in [6.45, 7) is 4.61. The van der Waals surface area contributed by atoms with E-state index in [2.05, 4.69) is 35.1 Å². The van der Waals surface area contributed by atoms with E-state index in [1.54, 1.807) is 0 Å². The molecule has 2 rings (SSSR count). The number of rotatable bonds is 2. The van der Waals surface area contributed by atoms with Crippen LogP contribution >= 0.6 is 15.9 Å². The third-order valence-corrected chi connectivity index (χ3v) is 4.31. The first-order valence-corrected chi connectivity index (χ1v) is 7.29. The first-order chi connectivity index (χ1) is 8.37. The Morgan fingerprint density at radius 1 is 1.44 bits per heavy atom. The van der Waals surface area contributed by atoms with Crippen molar-refractivity contribution in [1.29, 1.82) is 0 Å². The number of amides is 1. The molecule has 1 N–H and O–H groups in total. The van der Waals surface area contributed by atoms with Crippen molar-refractivity contribution in [2.75, 3.05) is 0 Å². The maximum Gasteiger partial charge on any atom is 0.268 e. The highest BCUT2D eigenvalue weighted by Crippen LogP contribution is 2.35. The zero-order valence-electron chi connectivity index (χ0n) is 11.3. The maximum absolute atomic E-state index is 12.2. The van der Waals surface area contributed by atoms with E-state index in [-0.39, 0.29) is 5.91 Å². The lowest BCUT2D eigenvalue weighted by atomic mass is 9.75. The van der Waals surface area contributed by atoms with Gasteiger partial charge in [-0.2, -0.15) is 0 Å². The predicted molar refractivity (Wildman–Crippen MR) is 76.6 cm³/mol. The molecule has 1 amide bonds. The van der Waals surface area contributed by atoms with Crippen molar-refractivity contribution in [3.8, 4) is 0 Å². The number of hydrogen-bond donors (Lipinski definition) is 1. The fraction of sp³-hybridized carbons (Fsp3) is 0.643. The highest BCUT2D eigenvalue weighted by atomic mass is 79.9. The number of aromatic nitrogens is 1. The molecule has 0 bridgehead atoms. The third-order valence-electron chi connectivity index (χ3n) is 3.88. The topological polar surface area (TPSA) is 34.0 Å². The number of carbonyl (C=O) groups is 1. The van der Waals surface area contributed by atoms with E-state index >= 15 is 0 Å². The van der Waals surface area contributed by atoms with E-state index in [1.807, 2.05) is 23.9 Å². The molecule has 0 saturated heterocycles. The molecular formula is C14H21BrN2O. The van der Waals surface area contributed by atoms with Gasteiger partial charge in [0.05, 0.1) is 0 Å². The van der Waals surface area contributed by atoms with Crippen LogP contribution in [0.25, 0.3) is 0 Å². The fourth-order valence-corrected chi connectivity index (χ4v) is 3.08. The number of carbonyl (C=O) groups excluding carboxylic acids is 1. The second-order valence-electron chi connectivity index (χ2n) is 6.07. The highest BCUT2D eigenvalue weighted by Gasteiger charge is 2.28. The zero-order valence-corrected chi connectivity index (χ0v) is 12.9. The molecule has 1 aromatic heterocycles. The van der Waals surface area contributed by atoms with Gasteiger partial charge < -0.3 is 9.88 Å². The Hall–Kier alpha value is -0.770. The summed E-state index contributed by atoms with van der Waals surface area (Å²) in [6, 6.07) is 2.20. The standard InChI is InChI=1S/C14H21BrN2O/c1-14(2)6-4-11(5-7-14)16-13(18)12-8-10(15)9-17(12)3/h8-9,11H,4-7H2,1-3H3,(H,16,18). The lowest BCUT2D eigenvalue weighted by Gasteiger charge is -2.34. The van der Waals surface area contributed by atoms with Gasteiger partial charge in [0.25, 0.3) is 5.91 Å². The van der Waals surface area contributed by atoms with Gasteiger partial charge in [0, 0.05) is 23.8 Å². The van der Waals surface area contributed by atoms with Gasteiger partial charge in [-0.25, -0.2) is 0 Å². The van der Waals surface area contributed by atoms with E-state index in [9.17, 15) is 4.79 Å². The number of nitrogens with one attached hydrogen (secondary N) is 1. The summed E-state index contributed by atoms with van der Waals surface area (Å²) in [5.41, 5.74) is 1.15. The van der Waals surface area contributed by atoms with Crippen LogP contribution in [0.1, 0.15) is 50.0 Å². The Balaban J connectivity index is 1.95. The van der Waals surface area contributed by atoms with Crippen molar-refractivity contribution in [3.63, 3.8) is 0 Å². The molecule has 3 nitrogen and oxygen atoms in total. The molecular weight excluding hydrogens is 292 g/mol. The monoisotopic (exact) mass is 312 g/mol. The quantitative estimate of drug-likeness (QED) is 0.891. The van der Waals surface area contributed by atoms with Crippen LogP contribution in [0.5, 0.6) is 0 Å². The van der Waals surface area contributed by atoms with Crippen LogP contribution in [0, 0.1) is 5.41 Å². The van der Waals surface area contributed by atoms with Gasteiger partial charge in [0.2, 0.25) is 0 Å². The van der Waals surface area contributed by atoms with Gasteiger partial charge in [0.15, 0.2) is 0 Å². The Labute approximate surface area is 117 Å². The molecule has 100 valence electrons. The Morgan fingerprint density at radius 3 is 2.56 bits per heavy atom. The van der Waals surface area contributed by atoms with Gasteiger partial charge in [-0.05, 0) is 53.1 Å². The predicted octanol–water partition coefficient (Wildman–Crippen LogP) is 3.49. The van der Waals surface area contributed by atoms with Gasteiger partial charge in [-0.3, -0.25) is 4.79 Å². The van der Waals surface area contributed by atoms with Crippen LogP contribution in [-0.2, 0) is 7.05 Å². The summed E-state index contributed by atoms with van der Waals surface area (Å²) >= 11 is 3.39. The molecule has 0 radical (unpaired) electrons. The molecule has 0 unspecified atom stereocenters. The van der Waals surface area contributed by atoms with Crippen molar-refractivity contribution in [2.24, 2.45) is 12.5 Å². The average molecular weight is 313 g/mol. The van der Waals surface area contributed by atoms with Crippen molar-refractivity contribution < 1.29 is 4.79 Å². The van der Waals surface area contributed by atoms with Crippen LogP contribution in [-0.4, -0.2) is 16.5 Å². The lowest BCUT2D eigenvalue weighted by molar-refractivity contribution is 0.0901. The normalized spacial score (nSPS) is 19.8. The molecule has 1 aliphatic rings. The number of nitrogens with zero attached hydrogens (tertiary/aromatic N) is 1. The molecule has 18 heavy (non-hydrogen) atoms. The SMILES string of the molecule is Cn1cc(Br)cc1C(=O)NC1CCC(C)(C)CC1. The summed E-state index contributed by atoms with van der Waals surface area (Å²) in [6.07, 6.45) is 6.46. The van der Waals surface area contributed by atoms with Crippen molar-refractivity contribution in [1.82, 2.24) is 9.88 Å². The number of aryl methyl sites for hydroxylation is 1. The highest BCUT2D eigenvalue weighted by molar-refractivity contribution is 9.10. The van der Waals surface area contributed by atoms with Crippen molar-refractivity contribution in [3.05, 3.63) is 22.4 Å². The zero-order chi connectivity index (χ0) is 13.3. The first kappa shape index (κ1) is 13.7. The fourth-order valence-electron chi connectivity index (χ4n) is 2.55. The molecule has 1 aromatic rings. The summed E-state index contributed by atoms with van der Waals surface area (Å²) in [4.78, 5) is 12.2. The second kappa shape index (κ2) is 5.08. The van der Waals surface area contributed by atoms with E-state index < -0.39 is 0 Å². The van der Waals surface area contributed by atoms with Crippen molar-refractivity contribution in [2.45, 2.75) is 45.6 Å². The number of halogens is 1. The van der Waals surface area contributed by atoms with Gasteiger partial charge in [0.1, 0.15) is 5.69 Å². The van der Waals surface area contributed by atoms with Crippen LogP contribution in [0.4, 0.5) is 0 Å². The van der Waals surface area contributed by atoms with E-state index in [4.69, 9.17) is 0 Å². The molecule has 0 spiro atoms. The summed E-state index contributed by atoms with van der Waals surface area (Å²) in [5, 5.41) is 3.15. The third kappa shape index (κ3) is 3.16. The van der Waals surface area contributed by atoms with Crippen LogP contribution < -0.4 is 5.32 Å². The summed E-state index contributed by atoms with van der Waals surface area (Å²) in [5.74, 6) is 0.0351. The average Bonchev–Trinajstić information content (AvgIpc) is 2.61. The van der Waals surface area contributed by atoms with E-state index in [1.165, 1.54) is 12.8 Å². The second-order valence-corrected chi connectivity index (χ2v) is 6.98. The first-order valence-electron chi connectivity index (χ1n) is 6.50. The van der Waals surface area contributed by atoms with Crippen LogP contribution in [0.15, 0.2) is 16.7 Å². The minimum atomic E-state index is 0.0351. The minimum absolute atomic E-state index is 0.0351. The Morgan fingerprint density at radius 2 is 2.06 bits per heavy atom. The summed E-state index contributed by atoms with van der Waals surface area (Å²) < 4.78 is 2.80. The molecule has 0 aliphatic heterocycles. The van der Waals surface area contributed by atoms with E-state index in [0.29, 0.717) is 17.2 Å². The van der Waals surface area contributed by atoms with Gasteiger partial charge >= 0.3 is 0 Å². The Kier molecular flexibility index (Phi) is 3.85. The summed E-state index contributed by atoms with van der Waals surface area (Å²) in [7, 11) is 1.89. The molecule has 1 fully saturated rings. The number of hydrogen-bond acceptors (Lipinski definition) is 1. The molecule has 1 aliphatic carbocycles. The van der Waals surface area contributed by atoms with Crippen LogP contribution in [0.2, 0.25) is 0 Å². The minimum Gasteiger partial charge on any atom is -0.348 e. The van der Waals surface area contributed by atoms with Crippen LogP contribution in [0.3, 0.4) is 0 Å². The maximum atomic E-state index is 12.2. The van der Waals surface area contributed by atoms with Gasteiger partial charge in [-0.15, -0.1) is 0 Å². The van der Waals surface area contributed by atoms with Gasteiger partial charge in [-0.1, -0.05) is 13.8 Å². The molecule has 0 atom stereocenters. The largest absolute Gasteiger partial charge is 0.348 e. The lowest BCUT2D eigenvalue weighted by Crippen LogP contribution is -2.39. The smallest absolute Gasteiger partial charge is 0.268 e. The Bertz CT molecular complexity index is 441. The molecule has 0 aromatic carbocycles.